The van der Waals surface area contributed by atoms with Gasteiger partial charge in [0, 0.05) is 11.6 Å². The van der Waals surface area contributed by atoms with E-state index < -0.39 is 23.8 Å². The molecule has 2 saturated heterocycles. The van der Waals surface area contributed by atoms with Crippen LogP contribution in [0, 0.1) is 11.8 Å². The van der Waals surface area contributed by atoms with E-state index in [4.69, 9.17) is 5.73 Å². The molecule has 3 aliphatic heterocycles. The number of rotatable bonds is 2. The van der Waals surface area contributed by atoms with E-state index in [0.717, 1.165) is 48.1 Å². The van der Waals surface area contributed by atoms with Crippen LogP contribution in [0.3, 0.4) is 0 Å². The average Bonchev–Trinajstić information content (AvgIpc) is 3.16. The molecule has 1 saturated carbocycles. The van der Waals surface area contributed by atoms with Crippen molar-refractivity contribution in [2.45, 2.75) is 50.2 Å². The van der Waals surface area contributed by atoms with Gasteiger partial charge in [-0.3, -0.25) is 24.2 Å². The van der Waals surface area contributed by atoms with Crippen LogP contribution < -0.4 is 10.6 Å². The monoisotopic (exact) mass is 366 g/mol. The molecule has 0 spiro atoms. The Morgan fingerprint density at radius 1 is 1.04 bits per heavy atom. The molecule has 6 nitrogen and oxygen atoms in total. The molecular formula is C21H24N3O3+. The SMILES string of the molecule is NC(=O)[C@@H]1[C@@H]2C(=O)N(C3CCCCC3)C(=O)[C@@H]2[C@@H]2c3ccccc3C=C[NH+]12. The minimum Gasteiger partial charge on any atom is -0.364 e. The summed E-state index contributed by atoms with van der Waals surface area (Å²) in [5.41, 5.74) is 7.81. The Morgan fingerprint density at radius 3 is 2.48 bits per heavy atom. The second-order valence-electron chi connectivity index (χ2n) is 8.21. The number of likely N-dealkylation sites (tertiary alicyclic amines) is 1. The predicted octanol–water partition coefficient (Wildman–Crippen LogP) is 0.398. The fourth-order valence-corrected chi connectivity index (χ4v) is 5.80. The molecule has 5 rings (SSSR count). The number of hydrogen-bond donors (Lipinski definition) is 2. The van der Waals surface area contributed by atoms with Crippen molar-refractivity contribution >= 4 is 23.8 Å². The number of nitrogens with one attached hydrogen (secondary N) is 1. The summed E-state index contributed by atoms with van der Waals surface area (Å²) >= 11 is 0. The zero-order valence-corrected chi connectivity index (χ0v) is 15.1. The molecule has 3 fully saturated rings. The van der Waals surface area contributed by atoms with E-state index >= 15 is 0 Å². The van der Waals surface area contributed by atoms with Gasteiger partial charge in [-0.05, 0) is 24.5 Å². The lowest BCUT2D eigenvalue weighted by Gasteiger charge is -2.33. The molecule has 5 atom stereocenters. The Labute approximate surface area is 158 Å². The summed E-state index contributed by atoms with van der Waals surface area (Å²) in [5.74, 6) is -1.94. The first-order valence-corrected chi connectivity index (χ1v) is 9.89. The van der Waals surface area contributed by atoms with Crippen LogP contribution in [0.1, 0.15) is 49.3 Å². The summed E-state index contributed by atoms with van der Waals surface area (Å²) in [6.07, 6.45) is 8.86. The number of fused-ring (bicyclic) bond motifs is 5. The Balaban J connectivity index is 1.60. The fraction of sp³-hybridized carbons (Fsp3) is 0.476. The second-order valence-corrected chi connectivity index (χ2v) is 8.21. The number of amides is 3. The van der Waals surface area contributed by atoms with Crippen LogP contribution in [0.2, 0.25) is 0 Å². The van der Waals surface area contributed by atoms with E-state index in [1.54, 1.807) is 0 Å². The molecule has 4 aliphatic rings. The van der Waals surface area contributed by atoms with Gasteiger partial charge in [0.2, 0.25) is 11.8 Å². The number of primary amides is 1. The van der Waals surface area contributed by atoms with Gasteiger partial charge in [-0.25, -0.2) is 0 Å². The van der Waals surface area contributed by atoms with Crippen LogP contribution >= 0.6 is 0 Å². The number of hydrogen-bond acceptors (Lipinski definition) is 3. The van der Waals surface area contributed by atoms with Crippen molar-refractivity contribution in [3.8, 4) is 0 Å². The van der Waals surface area contributed by atoms with Crippen molar-refractivity contribution in [3.63, 3.8) is 0 Å². The van der Waals surface area contributed by atoms with Crippen LogP contribution in [0.5, 0.6) is 0 Å². The van der Waals surface area contributed by atoms with Crippen molar-refractivity contribution in [3.05, 3.63) is 41.6 Å². The molecule has 3 amide bonds. The van der Waals surface area contributed by atoms with Gasteiger partial charge >= 0.3 is 0 Å². The summed E-state index contributed by atoms with van der Waals surface area (Å²) < 4.78 is 0. The Hall–Kier alpha value is -2.47. The topological polar surface area (TPSA) is 84.9 Å². The Bertz CT molecular complexity index is 858. The molecule has 1 aliphatic carbocycles. The first-order chi connectivity index (χ1) is 13.1. The zero-order chi connectivity index (χ0) is 18.7. The van der Waals surface area contributed by atoms with Crippen molar-refractivity contribution in [1.82, 2.24) is 4.90 Å². The lowest BCUT2D eigenvalue weighted by Crippen LogP contribution is -3.12. The smallest absolute Gasteiger partial charge is 0.277 e. The lowest BCUT2D eigenvalue weighted by atomic mass is 9.84. The third kappa shape index (κ3) is 2.26. The molecule has 3 N–H and O–H groups in total. The first kappa shape index (κ1) is 16.7. The minimum atomic E-state index is -0.686. The van der Waals surface area contributed by atoms with Crippen LogP contribution in [0.15, 0.2) is 30.5 Å². The fourth-order valence-electron chi connectivity index (χ4n) is 5.80. The Kier molecular flexibility index (Phi) is 3.72. The van der Waals surface area contributed by atoms with Crippen LogP contribution in [-0.2, 0) is 14.4 Å². The van der Waals surface area contributed by atoms with E-state index in [-0.39, 0.29) is 23.9 Å². The molecule has 1 aromatic rings. The Morgan fingerprint density at radius 2 is 1.74 bits per heavy atom. The van der Waals surface area contributed by atoms with Gasteiger partial charge in [-0.1, -0.05) is 43.5 Å². The van der Waals surface area contributed by atoms with Crippen molar-refractivity contribution in [2.75, 3.05) is 0 Å². The van der Waals surface area contributed by atoms with Gasteiger partial charge in [0.15, 0.2) is 6.04 Å². The van der Waals surface area contributed by atoms with Crippen molar-refractivity contribution in [2.24, 2.45) is 17.6 Å². The van der Waals surface area contributed by atoms with Gasteiger partial charge < -0.3 is 5.73 Å². The van der Waals surface area contributed by atoms with Crippen LogP contribution in [-0.4, -0.2) is 34.7 Å². The summed E-state index contributed by atoms with van der Waals surface area (Å²) in [7, 11) is 0. The predicted molar refractivity (Wildman–Crippen MR) is 97.9 cm³/mol. The van der Waals surface area contributed by atoms with Gasteiger partial charge in [-0.2, -0.15) is 0 Å². The van der Waals surface area contributed by atoms with Gasteiger partial charge in [0.25, 0.3) is 5.91 Å². The quantitative estimate of drug-likeness (QED) is 0.743. The van der Waals surface area contributed by atoms with E-state index in [9.17, 15) is 14.4 Å². The average molecular weight is 366 g/mol. The number of benzene rings is 1. The summed E-state index contributed by atoms with van der Waals surface area (Å²) in [5, 5.41) is 0. The number of imide groups is 1. The summed E-state index contributed by atoms with van der Waals surface area (Å²) in [6.45, 7) is 0. The third-order valence-corrected chi connectivity index (χ3v) is 6.90. The summed E-state index contributed by atoms with van der Waals surface area (Å²) in [4.78, 5) is 41.4. The maximum absolute atomic E-state index is 13.4. The second kappa shape index (κ2) is 6.02. The highest BCUT2D eigenvalue weighted by atomic mass is 16.2. The molecule has 0 radical (unpaired) electrons. The van der Waals surface area contributed by atoms with Crippen LogP contribution in [0.25, 0.3) is 6.08 Å². The highest BCUT2D eigenvalue weighted by Gasteiger charge is 2.68. The van der Waals surface area contributed by atoms with Gasteiger partial charge in [0.1, 0.15) is 17.9 Å². The minimum absolute atomic E-state index is 0.0179. The number of nitrogens with zero attached hydrogens (tertiary/aromatic N) is 1. The van der Waals surface area contributed by atoms with Crippen molar-refractivity contribution in [1.29, 1.82) is 0 Å². The lowest BCUT2D eigenvalue weighted by molar-refractivity contribution is -0.884. The molecule has 1 unspecified atom stereocenters. The molecule has 27 heavy (non-hydrogen) atoms. The molecule has 3 heterocycles. The highest BCUT2D eigenvalue weighted by molar-refractivity contribution is 6.08. The molecule has 0 bridgehead atoms. The molecule has 140 valence electrons. The van der Waals surface area contributed by atoms with E-state index in [1.807, 2.05) is 36.5 Å². The van der Waals surface area contributed by atoms with Crippen molar-refractivity contribution < 1.29 is 19.3 Å². The number of carbonyl (C=O) groups excluding carboxylic acids is 3. The van der Waals surface area contributed by atoms with E-state index in [0.29, 0.717) is 0 Å². The number of nitrogens with two attached hydrogens (primary N) is 1. The zero-order valence-electron chi connectivity index (χ0n) is 15.1. The largest absolute Gasteiger partial charge is 0.364 e. The molecule has 1 aromatic carbocycles. The first-order valence-electron chi connectivity index (χ1n) is 9.89. The normalized spacial score (nSPS) is 35.1. The molecule has 6 heteroatoms. The maximum Gasteiger partial charge on any atom is 0.277 e. The standard InChI is InChI=1S/C21H23N3O3/c22-19(25)18-16-15(17-14-9-5-4-6-12(14)10-11-23(17)18)20(26)24(21(16)27)13-7-2-1-3-8-13/h4-6,9-11,13,15-18H,1-3,7-8H2,(H2,22,25)/p+1/t15-,16+,17-,18-/m0/s1. The van der Waals surface area contributed by atoms with E-state index in [2.05, 4.69) is 0 Å². The molecule has 0 aromatic heterocycles. The van der Waals surface area contributed by atoms with Gasteiger partial charge in [0.05, 0.1) is 6.20 Å². The van der Waals surface area contributed by atoms with E-state index in [1.165, 1.54) is 4.90 Å². The number of carbonyl (C=O) groups is 3. The third-order valence-electron chi connectivity index (χ3n) is 6.90. The molecular weight excluding hydrogens is 342 g/mol. The number of quaternary nitrogens is 1. The van der Waals surface area contributed by atoms with Crippen LogP contribution in [0.4, 0.5) is 0 Å². The van der Waals surface area contributed by atoms with Gasteiger partial charge in [-0.15, -0.1) is 0 Å². The maximum atomic E-state index is 13.4. The highest BCUT2D eigenvalue weighted by Crippen LogP contribution is 2.44. The summed E-state index contributed by atoms with van der Waals surface area (Å²) in [6, 6.07) is 6.99.